The number of nitrogens with one attached hydrogen (secondary N) is 1. The molecule has 0 aromatic heterocycles. The van der Waals surface area contributed by atoms with Crippen LogP contribution in [0, 0.1) is 0 Å². The summed E-state index contributed by atoms with van der Waals surface area (Å²) in [5.41, 5.74) is 3.00. The molecule has 1 N–H and O–H groups in total. The standard InChI is InChI=1S/C7H14N2O2/c1-4-5-6(9-8-2)7(10)11-3/h8H,4-5H2,1-3H3/b9-6+. The fraction of sp³-hybridized carbons (Fsp3) is 0.714. The van der Waals surface area contributed by atoms with Gasteiger partial charge in [-0.3, -0.25) is 0 Å². The molecule has 0 aromatic rings. The molecule has 0 aliphatic rings. The lowest BCUT2D eigenvalue weighted by Crippen LogP contribution is -2.18. The highest BCUT2D eigenvalue weighted by Gasteiger charge is 2.09. The van der Waals surface area contributed by atoms with Gasteiger partial charge in [-0.2, -0.15) is 5.10 Å². The number of carbonyl (C=O) groups is 1. The van der Waals surface area contributed by atoms with Gasteiger partial charge in [0.1, 0.15) is 5.71 Å². The fourth-order valence-corrected chi connectivity index (χ4v) is 0.693. The largest absolute Gasteiger partial charge is 0.464 e. The molecule has 0 fully saturated rings. The number of ether oxygens (including phenoxy) is 1. The van der Waals surface area contributed by atoms with Crippen molar-refractivity contribution in [3.8, 4) is 0 Å². The molecule has 4 heteroatoms. The van der Waals surface area contributed by atoms with Crippen LogP contribution in [0.2, 0.25) is 0 Å². The maximum absolute atomic E-state index is 10.9. The normalized spacial score (nSPS) is 11.0. The van der Waals surface area contributed by atoms with E-state index in [0.717, 1.165) is 6.42 Å². The number of hydrogen-bond acceptors (Lipinski definition) is 4. The number of rotatable bonds is 4. The van der Waals surface area contributed by atoms with Crippen LogP contribution >= 0.6 is 0 Å². The van der Waals surface area contributed by atoms with Gasteiger partial charge in [-0.05, 0) is 6.42 Å². The first-order chi connectivity index (χ1) is 5.26. The van der Waals surface area contributed by atoms with Crippen LogP contribution in [0.25, 0.3) is 0 Å². The Morgan fingerprint density at radius 3 is 2.64 bits per heavy atom. The van der Waals surface area contributed by atoms with E-state index in [1.807, 2.05) is 6.92 Å². The number of hydrogen-bond donors (Lipinski definition) is 1. The lowest BCUT2D eigenvalue weighted by Gasteiger charge is -2.00. The highest BCUT2D eigenvalue weighted by Crippen LogP contribution is 1.93. The molecule has 0 bridgehead atoms. The van der Waals surface area contributed by atoms with Crippen LogP contribution in [0.4, 0.5) is 0 Å². The minimum Gasteiger partial charge on any atom is -0.464 e. The number of esters is 1. The molecule has 0 amide bonds. The van der Waals surface area contributed by atoms with Gasteiger partial charge in [-0.15, -0.1) is 0 Å². The maximum atomic E-state index is 10.9. The van der Waals surface area contributed by atoms with Crippen molar-refractivity contribution >= 4 is 11.7 Å². The summed E-state index contributed by atoms with van der Waals surface area (Å²) in [5.74, 6) is -0.360. The van der Waals surface area contributed by atoms with E-state index in [-0.39, 0.29) is 5.97 Å². The van der Waals surface area contributed by atoms with Crippen molar-refractivity contribution in [3.05, 3.63) is 0 Å². The Hall–Kier alpha value is -1.06. The minimum atomic E-state index is -0.360. The quantitative estimate of drug-likeness (QED) is 0.369. The molecule has 0 spiro atoms. The molecule has 0 atom stereocenters. The van der Waals surface area contributed by atoms with Crippen LogP contribution in [0.3, 0.4) is 0 Å². The van der Waals surface area contributed by atoms with Gasteiger partial charge >= 0.3 is 5.97 Å². The first-order valence-corrected chi connectivity index (χ1v) is 3.57. The zero-order chi connectivity index (χ0) is 8.69. The van der Waals surface area contributed by atoms with Gasteiger partial charge in [-0.25, -0.2) is 4.79 Å². The van der Waals surface area contributed by atoms with Crippen molar-refractivity contribution in [2.24, 2.45) is 5.10 Å². The summed E-state index contributed by atoms with van der Waals surface area (Å²) in [5, 5.41) is 3.78. The van der Waals surface area contributed by atoms with Crippen LogP contribution in [0.1, 0.15) is 19.8 Å². The van der Waals surface area contributed by atoms with Crippen molar-refractivity contribution < 1.29 is 9.53 Å². The average Bonchev–Trinajstić information content (AvgIpc) is 2.03. The molecule has 4 nitrogen and oxygen atoms in total. The molecule has 0 saturated heterocycles. The van der Waals surface area contributed by atoms with Crippen molar-refractivity contribution in [2.75, 3.05) is 14.2 Å². The van der Waals surface area contributed by atoms with E-state index in [2.05, 4.69) is 15.3 Å². The summed E-state index contributed by atoms with van der Waals surface area (Å²) >= 11 is 0. The van der Waals surface area contributed by atoms with E-state index < -0.39 is 0 Å². The van der Waals surface area contributed by atoms with Gasteiger partial charge in [0.25, 0.3) is 0 Å². The van der Waals surface area contributed by atoms with Gasteiger partial charge in [-0.1, -0.05) is 13.3 Å². The molecule has 0 rings (SSSR count). The van der Waals surface area contributed by atoms with Gasteiger partial charge in [0, 0.05) is 7.05 Å². The Bertz CT molecular complexity index is 155. The van der Waals surface area contributed by atoms with Gasteiger partial charge in [0.05, 0.1) is 7.11 Å². The number of nitrogens with zero attached hydrogens (tertiary/aromatic N) is 1. The fourth-order valence-electron chi connectivity index (χ4n) is 0.693. The smallest absolute Gasteiger partial charge is 0.354 e. The van der Waals surface area contributed by atoms with Crippen LogP contribution in [-0.2, 0) is 9.53 Å². The molecule has 0 saturated carbocycles. The van der Waals surface area contributed by atoms with E-state index in [1.54, 1.807) is 7.05 Å². The van der Waals surface area contributed by atoms with Crippen LogP contribution < -0.4 is 5.43 Å². The lowest BCUT2D eigenvalue weighted by atomic mass is 10.2. The first-order valence-electron chi connectivity index (χ1n) is 3.57. The highest BCUT2D eigenvalue weighted by atomic mass is 16.5. The molecular formula is C7H14N2O2. The Labute approximate surface area is 66.6 Å². The average molecular weight is 158 g/mol. The molecule has 11 heavy (non-hydrogen) atoms. The van der Waals surface area contributed by atoms with Crippen molar-refractivity contribution in [2.45, 2.75) is 19.8 Å². The van der Waals surface area contributed by atoms with Gasteiger partial charge in [0.15, 0.2) is 0 Å². The third kappa shape index (κ3) is 3.60. The highest BCUT2D eigenvalue weighted by molar-refractivity contribution is 6.36. The predicted octanol–water partition coefficient (Wildman–Crippen LogP) is 0.535. The zero-order valence-electron chi connectivity index (χ0n) is 7.18. The van der Waals surface area contributed by atoms with E-state index >= 15 is 0 Å². The summed E-state index contributed by atoms with van der Waals surface area (Å²) < 4.78 is 4.51. The SMILES string of the molecule is CCC/C(=N\NC)C(=O)OC. The Balaban J connectivity index is 4.09. The van der Waals surface area contributed by atoms with E-state index in [9.17, 15) is 4.79 Å². The second kappa shape index (κ2) is 5.70. The molecule has 0 aliphatic carbocycles. The first kappa shape index (κ1) is 9.94. The summed E-state index contributed by atoms with van der Waals surface area (Å²) in [7, 11) is 3.00. The maximum Gasteiger partial charge on any atom is 0.354 e. The summed E-state index contributed by atoms with van der Waals surface area (Å²) in [6.45, 7) is 1.98. The molecule has 0 unspecified atom stereocenters. The van der Waals surface area contributed by atoms with Crippen LogP contribution in [0.15, 0.2) is 5.10 Å². The van der Waals surface area contributed by atoms with E-state index in [0.29, 0.717) is 12.1 Å². The predicted molar refractivity (Wildman–Crippen MR) is 43.4 cm³/mol. The number of hydrazone groups is 1. The van der Waals surface area contributed by atoms with Crippen LogP contribution in [-0.4, -0.2) is 25.8 Å². The van der Waals surface area contributed by atoms with Gasteiger partial charge in [0.2, 0.25) is 0 Å². The van der Waals surface area contributed by atoms with E-state index in [4.69, 9.17) is 0 Å². The molecule has 0 aromatic carbocycles. The molecule has 64 valence electrons. The zero-order valence-corrected chi connectivity index (χ0v) is 7.18. The monoisotopic (exact) mass is 158 g/mol. The second-order valence-corrected chi connectivity index (χ2v) is 2.02. The number of carbonyl (C=O) groups excluding carboxylic acids is 1. The summed E-state index contributed by atoms with van der Waals surface area (Å²) in [4.78, 5) is 10.9. The molecule has 0 aliphatic heterocycles. The topological polar surface area (TPSA) is 50.7 Å². The van der Waals surface area contributed by atoms with E-state index in [1.165, 1.54) is 7.11 Å². The second-order valence-electron chi connectivity index (χ2n) is 2.02. The minimum absolute atomic E-state index is 0.360. The lowest BCUT2D eigenvalue weighted by molar-refractivity contribution is -0.132. The van der Waals surface area contributed by atoms with Gasteiger partial charge < -0.3 is 10.2 Å². The summed E-state index contributed by atoms with van der Waals surface area (Å²) in [6, 6.07) is 0. The Morgan fingerprint density at radius 2 is 2.27 bits per heavy atom. The molecule has 0 heterocycles. The van der Waals surface area contributed by atoms with Crippen molar-refractivity contribution in [3.63, 3.8) is 0 Å². The third-order valence-corrected chi connectivity index (χ3v) is 1.15. The van der Waals surface area contributed by atoms with Crippen molar-refractivity contribution in [1.82, 2.24) is 5.43 Å². The Kier molecular flexibility index (Phi) is 5.15. The Morgan fingerprint density at radius 1 is 1.64 bits per heavy atom. The van der Waals surface area contributed by atoms with Crippen molar-refractivity contribution in [1.29, 1.82) is 0 Å². The molecule has 0 radical (unpaired) electrons. The summed E-state index contributed by atoms with van der Waals surface area (Å²) in [6.07, 6.45) is 1.53. The molecular weight excluding hydrogens is 144 g/mol. The third-order valence-electron chi connectivity index (χ3n) is 1.15. The number of methoxy groups -OCH3 is 1. The van der Waals surface area contributed by atoms with Crippen LogP contribution in [0.5, 0.6) is 0 Å².